The van der Waals surface area contributed by atoms with Crippen LogP contribution in [0.5, 0.6) is 0 Å². The molecule has 1 aliphatic carbocycles. The van der Waals surface area contributed by atoms with Crippen molar-refractivity contribution in [2.75, 3.05) is 0 Å². The Morgan fingerprint density at radius 1 is 0.438 bits per heavy atom. The second kappa shape index (κ2) is 17.4. The summed E-state index contributed by atoms with van der Waals surface area (Å²) >= 11 is 2.59. The number of benzene rings is 3. The zero-order valence-electron chi connectivity index (χ0n) is 31.9. The minimum Gasteiger partial charge on any atom is -1.00 e. The van der Waals surface area contributed by atoms with Crippen molar-refractivity contribution in [2.24, 2.45) is 0 Å². The largest absolute Gasteiger partial charge is 1.00 e. The normalized spacial score (nSPS) is 16.4. The van der Waals surface area contributed by atoms with Crippen molar-refractivity contribution in [3.05, 3.63) is 111 Å². The summed E-state index contributed by atoms with van der Waals surface area (Å²) < 4.78 is -0.130. The third kappa shape index (κ3) is 8.35. The molecule has 0 saturated carbocycles. The van der Waals surface area contributed by atoms with Crippen LogP contribution in [0, 0.1) is 0 Å². The monoisotopic (exact) mass is 756 g/mol. The van der Waals surface area contributed by atoms with E-state index in [0.29, 0.717) is 35.5 Å². The maximum Gasteiger partial charge on any atom is -1.00 e. The van der Waals surface area contributed by atoms with E-state index >= 15 is 0 Å². The summed E-state index contributed by atoms with van der Waals surface area (Å²) in [5.41, 5.74) is 11.7. The summed E-state index contributed by atoms with van der Waals surface area (Å²) in [6.07, 6.45) is 5.03. The van der Waals surface area contributed by atoms with Crippen molar-refractivity contribution in [2.45, 2.75) is 136 Å². The first-order chi connectivity index (χ1) is 20.9. The van der Waals surface area contributed by atoms with Crippen molar-refractivity contribution >= 4 is 23.6 Å². The molecule has 0 N–H and O–H groups in total. The van der Waals surface area contributed by atoms with Gasteiger partial charge in [0.25, 0.3) is 0 Å². The van der Waals surface area contributed by atoms with Gasteiger partial charge in [0.05, 0.1) is 0 Å². The quantitative estimate of drug-likeness (QED) is 0.220. The molecule has 0 heterocycles. The molecule has 260 valence electrons. The smallest absolute Gasteiger partial charge is 1.00 e. The van der Waals surface area contributed by atoms with Gasteiger partial charge in [0.1, 0.15) is 0 Å². The van der Waals surface area contributed by atoms with Crippen LogP contribution in [-0.4, -0.2) is 8.07 Å². The van der Waals surface area contributed by atoms with Crippen LogP contribution >= 0.6 is 0 Å². The average molecular weight is 758 g/mol. The maximum atomic E-state index is 2.64. The van der Waals surface area contributed by atoms with Crippen LogP contribution in [-0.2, 0) is 20.4 Å². The predicted molar refractivity (Wildman–Crippen MR) is 199 cm³/mol. The van der Waals surface area contributed by atoms with Crippen molar-refractivity contribution in [3.63, 3.8) is 0 Å². The van der Waals surface area contributed by atoms with Gasteiger partial charge in [-0.3, -0.25) is 0 Å². The van der Waals surface area contributed by atoms with E-state index in [1.165, 1.54) is 44.5 Å². The summed E-state index contributed by atoms with van der Waals surface area (Å²) in [6.45, 7) is 33.2. The summed E-state index contributed by atoms with van der Waals surface area (Å²) in [5, 5.41) is 4.68. The summed E-state index contributed by atoms with van der Waals surface area (Å²) in [5.74, 6) is 2.75. The Hall–Kier alpha value is -1.06. The number of rotatable bonds is 10. The fourth-order valence-corrected chi connectivity index (χ4v) is 15.3. The average Bonchev–Trinajstić information content (AvgIpc) is 3.24. The van der Waals surface area contributed by atoms with Gasteiger partial charge in [-0.05, 0) is 0 Å². The SMILES string of the molecule is CC1=C(C)[C]([Ti+3])([Si](c2cc(C(C)C)cc(C(C)C)c2)(c2cc(C(C)C)cc(C(C)C)c2)c2cc(C(C)C)cc(C(C)C)c2)C=C1.[Cl-].[Cl-].[Cl-]. The van der Waals surface area contributed by atoms with Crippen molar-refractivity contribution in [1.82, 2.24) is 0 Å². The molecule has 3 aromatic rings. The van der Waals surface area contributed by atoms with E-state index in [2.05, 4.69) is 184 Å². The van der Waals surface area contributed by atoms with E-state index in [0.717, 1.165) is 0 Å². The van der Waals surface area contributed by atoms with Crippen LogP contribution in [0.4, 0.5) is 0 Å². The van der Waals surface area contributed by atoms with Gasteiger partial charge >= 0.3 is 291 Å². The zero-order valence-corrected chi connectivity index (χ0v) is 36.8. The van der Waals surface area contributed by atoms with Crippen LogP contribution in [0.15, 0.2) is 77.9 Å². The summed E-state index contributed by atoms with van der Waals surface area (Å²) in [4.78, 5) is 0. The van der Waals surface area contributed by atoms with Gasteiger partial charge in [0.15, 0.2) is 0 Å². The van der Waals surface area contributed by atoms with Crippen LogP contribution in [0.25, 0.3) is 0 Å². The van der Waals surface area contributed by atoms with E-state index in [-0.39, 0.29) is 40.6 Å². The fraction of sp³-hybridized carbons (Fsp3) is 0.488. The molecule has 1 aliphatic rings. The van der Waals surface area contributed by atoms with E-state index in [1.54, 1.807) is 15.6 Å². The Kier molecular flexibility index (Phi) is 16.3. The van der Waals surface area contributed by atoms with Gasteiger partial charge in [0, 0.05) is 0 Å². The predicted octanol–water partition coefficient (Wildman–Crippen LogP) is 2.06. The van der Waals surface area contributed by atoms with Crippen LogP contribution in [0.1, 0.15) is 166 Å². The Morgan fingerprint density at radius 2 is 0.667 bits per heavy atom. The molecule has 0 aliphatic heterocycles. The molecule has 0 nitrogen and oxygen atoms in total. The molecular formula is C43H59Cl3SiTi. The molecule has 0 fully saturated rings. The zero-order chi connectivity index (χ0) is 33.6. The first-order valence-corrected chi connectivity index (χ1v) is 20.3. The second-order valence-corrected chi connectivity index (χ2v) is 21.8. The Labute approximate surface area is 326 Å². The Balaban J connectivity index is 0.00000384. The molecule has 1 atom stereocenters. The molecule has 0 aromatic heterocycles. The molecule has 0 spiro atoms. The third-order valence-corrected chi connectivity index (χ3v) is 18.4. The van der Waals surface area contributed by atoms with Gasteiger partial charge in [-0.25, -0.2) is 0 Å². The van der Waals surface area contributed by atoms with E-state index in [9.17, 15) is 0 Å². The standard InChI is InChI=1S/C43H59Si.3ClH.Ti/c1-26(2)34-17-35(27(3)4)21-40(20-34)44(43-16-15-32(13)33(43)14,41-22-36(28(5)6)18-37(23-41)29(7)8)42-24-38(30(9)10)19-39(25-42)31(11)12;;;;/h15-31H,1-14H3;3*1H;/q;;;;+3/p-3. The molecule has 5 heteroatoms. The molecule has 0 amide bonds. The molecule has 1 unspecified atom stereocenters. The molecule has 0 bridgehead atoms. The Bertz CT molecular complexity index is 1380. The maximum absolute atomic E-state index is 2.83. The van der Waals surface area contributed by atoms with Gasteiger partial charge in [0.2, 0.25) is 0 Å². The summed E-state index contributed by atoms with van der Waals surface area (Å²) in [6, 6.07) is 23.3. The van der Waals surface area contributed by atoms with Crippen molar-refractivity contribution in [3.8, 4) is 0 Å². The fourth-order valence-electron chi connectivity index (χ4n) is 7.08. The van der Waals surface area contributed by atoms with Gasteiger partial charge < -0.3 is 37.2 Å². The molecular weight excluding hydrogens is 699 g/mol. The summed E-state index contributed by atoms with van der Waals surface area (Å²) in [7, 11) is -2.83. The van der Waals surface area contributed by atoms with Crippen LogP contribution in [0.2, 0.25) is 3.34 Å². The van der Waals surface area contributed by atoms with E-state index in [4.69, 9.17) is 0 Å². The third-order valence-electron chi connectivity index (χ3n) is 10.6. The van der Waals surface area contributed by atoms with Crippen LogP contribution < -0.4 is 52.8 Å². The first-order valence-electron chi connectivity index (χ1n) is 17.5. The Morgan fingerprint density at radius 3 is 0.833 bits per heavy atom. The molecule has 0 radical (unpaired) electrons. The molecule has 0 saturated heterocycles. The second-order valence-electron chi connectivity index (χ2n) is 15.8. The van der Waals surface area contributed by atoms with Crippen molar-refractivity contribution < 1.29 is 57.7 Å². The van der Waals surface area contributed by atoms with Crippen LogP contribution in [0.3, 0.4) is 0 Å². The molecule has 4 rings (SSSR count). The minimum atomic E-state index is -2.83. The number of halogens is 3. The molecule has 3 aromatic carbocycles. The number of hydrogen-bond acceptors (Lipinski definition) is 0. The van der Waals surface area contributed by atoms with Gasteiger partial charge in [-0.1, -0.05) is 0 Å². The first kappa shape index (κ1) is 45.0. The van der Waals surface area contributed by atoms with E-state index in [1.807, 2.05) is 0 Å². The van der Waals surface area contributed by atoms with E-state index < -0.39 is 8.07 Å². The van der Waals surface area contributed by atoms with Crippen molar-refractivity contribution in [1.29, 1.82) is 0 Å². The number of allylic oxidation sites excluding steroid dienone is 4. The number of hydrogen-bond donors (Lipinski definition) is 0. The van der Waals surface area contributed by atoms with Gasteiger partial charge in [-0.2, -0.15) is 0 Å². The topological polar surface area (TPSA) is 0 Å². The van der Waals surface area contributed by atoms with Gasteiger partial charge in [-0.15, -0.1) is 0 Å². The molecule has 48 heavy (non-hydrogen) atoms. The minimum absolute atomic E-state index is 0.